The highest BCUT2D eigenvalue weighted by Crippen LogP contribution is 2.46. The van der Waals surface area contributed by atoms with Crippen molar-refractivity contribution in [3.63, 3.8) is 0 Å². The SMILES string of the molecule is COC1(c2nc(C)cc(CO)n2)CCC(C)(C)CC1. The molecule has 1 aliphatic carbocycles. The Bertz CT molecular complexity index is 447. The molecule has 106 valence electrons. The number of nitrogens with zero attached hydrogens (tertiary/aromatic N) is 2. The molecule has 0 bridgehead atoms. The van der Waals surface area contributed by atoms with Crippen molar-refractivity contribution in [3.8, 4) is 0 Å². The first-order valence-electron chi connectivity index (χ1n) is 6.92. The van der Waals surface area contributed by atoms with E-state index in [9.17, 15) is 5.11 Å². The number of aliphatic hydroxyl groups is 1. The van der Waals surface area contributed by atoms with E-state index in [4.69, 9.17) is 4.74 Å². The zero-order chi connectivity index (χ0) is 14.1. The summed E-state index contributed by atoms with van der Waals surface area (Å²) in [6.45, 7) is 6.47. The Labute approximate surface area is 115 Å². The van der Waals surface area contributed by atoms with Crippen molar-refractivity contribution in [2.24, 2.45) is 5.41 Å². The number of methoxy groups -OCH3 is 1. The van der Waals surface area contributed by atoms with E-state index in [1.165, 1.54) is 0 Å². The molecule has 1 saturated carbocycles. The molecule has 4 heteroatoms. The summed E-state index contributed by atoms with van der Waals surface area (Å²) in [5, 5.41) is 9.29. The van der Waals surface area contributed by atoms with Crippen LogP contribution in [-0.4, -0.2) is 22.2 Å². The number of hydrogen-bond donors (Lipinski definition) is 1. The average Bonchev–Trinajstić information content (AvgIpc) is 2.38. The molecule has 0 saturated heterocycles. The molecule has 0 amide bonds. The Balaban J connectivity index is 2.34. The van der Waals surface area contributed by atoms with Gasteiger partial charge in [-0.3, -0.25) is 0 Å². The van der Waals surface area contributed by atoms with Crippen LogP contribution in [0.1, 0.15) is 56.7 Å². The quantitative estimate of drug-likeness (QED) is 0.912. The monoisotopic (exact) mass is 264 g/mol. The van der Waals surface area contributed by atoms with Crippen molar-refractivity contribution in [3.05, 3.63) is 23.3 Å². The summed E-state index contributed by atoms with van der Waals surface area (Å²) in [6.07, 6.45) is 4.08. The van der Waals surface area contributed by atoms with Crippen LogP contribution in [0.15, 0.2) is 6.07 Å². The van der Waals surface area contributed by atoms with Gasteiger partial charge in [-0.25, -0.2) is 9.97 Å². The van der Waals surface area contributed by atoms with Gasteiger partial charge in [0.15, 0.2) is 5.82 Å². The zero-order valence-corrected chi connectivity index (χ0v) is 12.4. The molecule has 1 N–H and O–H groups in total. The maximum absolute atomic E-state index is 9.29. The van der Waals surface area contributed by atoms with Gasteiger partial charge in [-0.1, -0.05) is 13.8 Å². The van der Waals surface area contributed by atoms with Crippen LogP contribution in [0.4, 0.5) is 0 Å². The number of aromatic nitrogens is 2. The smallest absolute Gasteiger partial charge is 0.160 e. The topological polar surface area (TPSA) is 55.2 Å². The number of ether oxygens (including phenoxy) is 1. The third-order valence-corrected chi connectivity index (χ3v) is 4.28. The molecule has 19 heavy (non-hydrogen) atoms. The predicted molar refractivity (Wildman–Crippen MR) is 73.6 cm³/mol. The second-order valence-electron chi connectivity index (χ2n) is 6.35. The lowest BCUT2D eigenvalue weighted by molar-refractivity contribution is -0.0732. The van der Waals surface area contributed by atoms with Gasteiger partial charge in [0, 0.05) is 12.8 Å². The second-order valence-corrected chi connectivity index (χ2v) is 6.35. The summed E-state index contributed by atoms with van der Waals surface area (Å²) in [4.78, 5) is 9.03. The molecule has 0 spiro atoms. The standard InChI is InChI=1S/C15H24N2O2/c1-11-9-12(10-18)17-13(16-11)15(19-4)7-5-14(2,3)6-8-15/h9,18H,5-8,10H2,1-4H3. The first kappa shape index (κ1) is 14.4. The normalized spacial score (nSPS) is 21.3. The van der Waals surface area contributed by atoms with E-state index in [-0.39, 0.29) is 12.2 Å². The lowest BCUT2D eigenvalue weighted by Crippen LogP contribution is -2.38. The predicted octanol–water partition coefficient (Wildman–Crippen LogP) is 2.72. The minimum Gasteiger partial charge on any atom is -0.390 e. The molecular weight excluding hydrogens is 240 g/mol. The molecule has 1 fully saturated rings. The van der Waals surface area contributed by atoms with Crippen molar-refractivity contribution in [1.82, 2.24) is 9.97 Å². The number of rotatable bonds is 3. The lowest BCUT2D eigenvalue weighted by Gasteiger charge is -2.41. The molecule has 0 aliphatic heterocycles. The summed E-state index contributed by atoms with van der Waals surface area (Å²) in [5.41, 5.74) is 1.54. The van der Waals surface area contributed by atoms with Crippen LogP contribution in [0.25, 0.3) is 0 Å². The molecule has 2 rings (SSSR count). The van der Waals surface area contributed by atoms with Crippen molar-refractivity contribution in [1.29, 1.82) is 0 Å². The van der Waals surface area contributed by atoms with Gasteiger partial charge in [-0.15, -0.1) is 0 Å². The van der Waals surface area contributed by atoms with Gasteiger partial charge in [-0.2, -0.15) is 0 Å². The molecule has 1 aromatic heterocycles. The van der Waals surface area contributed by atoms with E-state index in [0.29, 0.717) is 11.1 Å². The maximum atomic E-state index is 9.29. The van der Waals surface area contributed by atoms with Crippen molar-refractivity contribution in [2.45, 2.75) is 58.7 Å². The van der Waals surface area contributed by atoms with Crippen LogP contribution in [0.5, 0.6) is 0 Å². The van der Waals surface area contributed by atoms with Gasteiger partial charge in [-0.05, 0) is 44.1 Å². The Morgan fingerprint density at radius 1 is 1.21 bits per heavy atom. The fourth-order valence-corrected chi connectivity index (χ4v) is 2.77. The molecule has 4 nitrogen and oxygen atoms in total. The van der Waals surface area contributed by atoms with Crippen molar-refractivity contribution in [2.75, 3.05) is 7.11 Å². The number of aliphatic hydroxyl groups excluding tert-OH is 1. The Morgan fingerprint density at radius 3 is 2.37 bits per heavy atom. The van der Waals surface area contributed by atoms with Gasteiger partial charge in [0.2, 0.25) is 0 Å². The van der Waals surface area contributed by atoms with E-state index < -0.39 is 0 Å². The fourth-order valence-electron chi connectivity index (χ4n) is 2.77. The highest BCUT2D eigenvalue weighted by Gasteiger charge is 2.42. The van der Waals surface area contributed by atoms with Crippen LogP contribution in [0.2, 0.25) is 0 Å². The second kappa shape index (κ2) is 5.17. The summed E-state index contributed by atoms with van der Waals surface area (Å²) in [5.74, 6) is 0.731. The van der Waals surface area contributed by atoms with Gasteiger partial charge in [0.05, 0.1) is 12.3 Å². The van der Waals surface area contributed by atoms with E-state index in [1.807, 2.05) is 13.0 Å². The van der Waals surface area contributed by atoms with Crippen LogP contribution >= 0.6 is 0 Å². The average molecular weight is 264 g/mol. The van der Waals surface area contributed by atoms with Crippen molar-refractivity contribution >= 4 is 0 Å². The molecule has 1 heterocycles. The summed E-state index contributed by atoms with van der Waals surface area (Å²) in [7, 11) is 1.74. The zero-order valence-electron chi connectivity index (χ0n) is 12.4. The number of hydrogen-bond acceptors (Lipinski definition) is 4. The molecule has 0 atom stereocenters. The molecule has 0 radical (unpaired) electrons. The first-order valence-corrected chi connectivity index (χ1v) is 6.92. The van der Waals surface area contributed by atoms with Crippen LogP contribution in [0, 0.1) is 12.3 Å². The molecule has 0 unspecified atom stereocenters. The highest BCUT2D eigenvalue weighted by atomic mass is 16.5. The van der Waals surface area contributed by atoms with Crippen molar-refractivity contribution < 1.29 is 9.84 Å². The minimum atomic E-state index is -0.383. The number of aryl methyl sites for hydroxylation is 1. The van der Waals surface area contributed by atoms with E-state index >= 15 is 0 Å². The summed E-state index contributed by atoms with van der Waals surface area (Å²) >= 11 is 0. The van der Waals surface area contributed by atoms with E-state index in [1.54, 1.807) is 7.11 Å². The van der Waals surface area contributed by atoms with Crippen LogP contribution in [0.3, 0.4) is 0 Å². The Hall–Kier alpha value is -1.00. The van der Waals surface area contributed by atoms with Crippen LogP contribution in [-0.2, 0) is 16.9 Å². The fraction of sp³-hybridized carbons (Fsp3) is 0.733. The lowest BCUT2D eigenvalue weighted by atomic mass is 9.70. The van der Waals surface area contributed by atoms with Gasteiger partial charge >= 0.3 is 0 Å². The molecule has 1 aromatic rings. The summed E-state index contributed by atoms with van der Waals surface area (Å²) in [6, 6.07) is 1.82. The van der Waals surface area contributed by atoms with Gasteiger partial charge < -0.3 is 9.84 Å². The molecular formula is C15H24N2O2. The minimum absolute atomic E-state index is 0.0539. The summed E-state index contributed by atoms with van der Waals surface area (Å²) < 4.78 is 5.81. The van der Waals surface area contributed by atoms with Gasteiger partial charge in [0.1, 0.15) is 5.60 Å². The Morgan fingerprint density at radius 2 is 1.84 bits per heavy atom. The third kappa shape index (κ3) is 2.95. The first-order chi connectivity index (χ1) is 8.91. The maximum Gasteiger partial charge on any atom is 0.160 e. The third-order valence-electron chi connectivity index (χ3n) is 4.28. The van der Waals surface area contributed by atoms with Gasteiger partial charge in [0.25, 0.3) is 0 Å². The molecule has 1 aliphatic rings. The largest absolute Gasteiger partial charge is 0.390 e. The van der Waals surface area contributed by atoms with E-state index in [0.717, 1.165) is 37.2 Å². The van der Waals surface area contributed by atoms with Crippen LogP contribution < -0.4 is 0 Å². The molecule has 0 aromatic carbocycles. The van der Waals surface area contributed by atoms with E-state index in [2.05, 4.69) is 23.8 Å². The highest BCUT2D eigenvalue weighted by molar-refractivity contribution is 5.15. The Kier molecular flexibility index (Phi) is 3.92.